The number of anilines is 1. The molecule has 8 heteroatoms. The molecule has 0 aromatic carbocycles. The van der Waals surface area contributed by atoms with Gasteiger partial charge in [-0.15, -0.1) is 0 Å². The van der Waals surface area contributed by atoms with Crippen LogP contribution in [0.4, 0.5) is 5.69 Å². The van der Waals surface area contributed by atoms with E-state index in [0.717, 1.165) is 5.76 Å². The highest BCUT2D eigenvalue weighted by Crippen LogP contribution is 2.17. The Morgan fingerprint density at radius 2 is 2.32 bits per heavy atom. The molecule has 2 rings (SSSR count). The van der Waals surface area contributed by atoms with Crippen molar-refractivity contribution >= 4 is 21.6 Å². The Morgan fingerprint density at radius 1 is 1.53 bits per heavy atom. The van der Waals surface area contributed by atoms with Crippen LogP contribution in [-0.4, -0.2) is 26.5 Å². The molecule has 19 heavy (non-hydrogen) atoms. The van der Waals surface area contributed by atoms with Gasteiger partial charge in [0.05, 0.1) is 37.8 Å². The van der Waals surface area contributed by atoms with Crippen LogP contribution in [0.25, 0.3) is 0 Å². The van der Waals surface area contributed by atoms with Crippen LogP contribution in [0, 0.1) is 6.92 Å². The summed E-state index contributed by atoms with van der Waals surface area (Å²) in [5.74, 6) is 1.26. The Labute approximate surface area is 117 Å². The molecule has 7 nitrogen and oxygen atoms in total. The lowest BCUT2D eigenvalue weighted by atomic mass is 10.4. The number of oxazole rings is 1. The highest BCUT2D eigenvalue weighted by atomic mass is 79.9. The number of aliphatic hydroxyl groups excluding tert-OH is 1. The molecule has 0 radical (unpaired) electrons. The fourth-order valence-corrected chi connectivity index (χ4v) is 1.94. The van der Waals surface area contributed by atoms with Crippen LogP contribution in [0.15, 0.2) is 26.1 Å². The van der Waals surface area contributed by atoms with Crippen LogP contribution in [0.3, 0.4) is 0 Å². The fourth-order valence-electron chi connectivity index (χ4n) is 1.50. The zero-order valence-corrected chi connectivity index (χ0v) is 11.8. The van der Waals surface area contributed by atoms with Gasteiger partial charge in [-0.3, -0.25) is 4.79 Å². The van der Waals surface area contributed by atoms with E-state index < -0.39 is 0 Å². The van der Waals surface area contributed by atoms with E-state index >= 15 is 0 Å². The minimum atomic E-state index is -0.303. The summed E-state index contributed by atoms with van der Waals surface area (Å²) in [5, 5.41) is 15.8. The molecule has 2 N–H and O–H groups in total. The Morgan fingerprint density at radius 3 is 2.95 bits per heavy atom. The third-order valence-corrected chi connectivity index (χ3v) is 3.16. The standard InChI is InChI=1S/C11H13BrN4O3/c1-7-4-14-9(19-7)6-13-8-5-15-16(2-3-17)11(18)10(8)12/h4-5,13,17H,2-3,6H2,1H3. The summed E-state index contributed by atoms with van der Waals surface area (Å²) in [6.45, 7) is 2.19. The van der Waals surface area contributed by atoms with E-state index in [9.17, 15) is 4.79 Å². The molecule has 102 valence electrons. The summed E-state index contributed by atoms with van der Waals surface area (Å²) in [6.07, 6.45) is 3.14. The van der Waals surface area contributed by atoms with Gasteiger partial charge >= 0.3 is 0 Å². The molecule has 2 aromatic rings. The molecule has 2 aromatic heterocycles. The average Bonchev–Trinajstić information content (AvgIpc) is 2.80. The van der Waals surface area contributed by atoms with E-state index in [-0.39, 0.29) is 18.7 Å². The van der Waals surface area contributed by atoms with Gasteiger partial charge in [0.25, 0.3) is 5.56 Å². The summed E-state index contributed by atoms with van der Waals surface area (Å²) >= 11 is 3.21. The summed E-state index contributed by atoms with van der Waals surface area (Å²) in [5.41, 5.74) is 0.248. The van der Waals surface area contributed by atoms with Crippen molar-refractivity contribution < 1.29 is 9.52 Å². The molecule has 0 aliphatic rings. The van der Waals surface area contributed by atoms with Crippen molar-refractivity contribution in [2.24, 2.45) is 0 Å². The topological polar surface area (TPSA) is 93.2 Å². The first-order valence-electron chi connectivity index (χ1n) is 5.63. The summed E-state index contributed by atoms with van der Waals surface area (Å²) in [6, 6.07) is 0. The predicted molar refractivity (Wildman–Crippen MR) is 71.8 cm³/mol. The van der Waals surface area contributed by atoms with Gasteiger partial charge < -0.3 is 14.8 Å². The molecular formula is C11H13BrN4O3. The Balaban J connectivity index is 2.13. The molecule has 0 fully saturated rings. The number of aromatic nitrogens is 3. The van der Waals surface area contributed by atoms with E-state index in [1.807, 2.05) is 6.92 Å². The van der Waals surface area contributed by atoms with Crippen LogP contribution in [-0.2, 0) is 13.1 Å². The van der Waals surface area contributed by atoms with Crippen LogP contribution in [0.5, 0.6) is 0 Å². The van der Waals surface area contributed by atoms with Gasteiger partial charge in [0.1, 0.15) is 10.2 Å². The molecule has 0 amide bonds. The SMILES string of the molecule is Cc1cnc(CNc2cnn(CCO)c(=O)c2Br)o1. The minimum absolute atomic E-state index is 0.137. The predicted octanol–water partition coefficient (Wildman–Crippen LogP) is 0.907. The molecule has 0 aliphatic heterocycles. The highest BCUT2D eigenvalue weighted by Gasteiger charge is 2.09. The van der Waals surface area contributed by atoms with Crippen molar-refractivity contribution in [3.05, 3.63) is 38.9 Å². The lowest BCUT2D eigenvalue weighted by Crippen LogP contribution is -2.25. The maximum Gasteiger partial charge on any atom is 0.283 e. The summed E-state index contributed by atoms with van der Waals surface area (Å²) in [4.78, 5) is 15.9. The molecule has 0 atom stereocenters. The van der Waals surface area contributed by atoms with E-state index in [1.165, 1.54) is 10.9 Å². The number of halogens is 1. The van der Waals surface area contributed by atoms with Gasteiger partial charge in [-0.1, -0.05) is 0 Å². The number of aliphatic hydroxyl groups is 1. The molecule has 2 heterocycles. The lowest BCUT2D eigenvalue weighted by molar-refractivity contribution is 0.266. The first-order valence-corrected chi connectivity index (χ1v) is 6.42. The largest absolute Gasteiger partial charge is 0.444 e. The van der Waals surface area contributed by atoms with Crippen LogP contribution >= 0.6 is 15.9 Å². The van der Waals surface area contributed by atoms with Crippen LogP contribution in [0.2, 0.25) is 0 Å². The quantitative estimate of drug-likeness (QED) is 0.847. The highest BCUT2D eigenvalue weighted by molar-refractivity contribution is 9.10. The smallest absolute Gasteiger partial charge is 0.283 e. The first kappa shape index (κ1) is 13.8. The zero-order chi connectivity index (χ0) is 13.8. The second kappa shape index (κ2) is 5.98. The summed E-state index contributed by atoms with van der Waals surface area (Å²) in [7, 11) is 0. The van der Waals surface area contributed by atoms with Gasteiger partial charge in [-0.2, -0.15) is 5.10 Å². The number of nitrogens with zero attached hydrogens (tertiary/aromatic N) is 3. The third kappa shape index (κ3) is 3.21. The lowest BCUT2D eigenvalue weighted by Gasteiger charge is -2.08. The van der Waals surface area contributed by atoms with E-state index in [2.05, 4.69) is 31.3 Å². The van der Waals surface area contributed by atoms with Crippen LogP contribution < -0.4 is 10.9 Å². The van der Waals surface area contributed by atoms with Gasteiger partial charge in [0.15, 0.2) is 0 Å². The van der Waals surface area contributed by atoms with Gasteiger partial charge in [0, 0.05) is 0 Å². The van der Waals surface area contributed by atoms with Crippen molar-refractivity contribution in [2.75, 3.05) is 11.9 Å². The Hall–Kier alpha value is -1.67. The summed E-state index contributed by atoms with van der Waals surface area (Å²) < 4.78 is 6.86. The minimum Gasteiger partial charge on any atom is -0.444 e. The molecule has 0 saturated carbocycles. The zero-order valence-electron chi connectivity index (χ0n) is 10.3. The molecule has 0 saturated heterocycles. The maximum atomic E-state index is 11.9. The normalized spacial score (nSPS) is 10.7. The van der Waals surface area contributed by atoms with Crippen molar-refractivity contribution in [3.63, 3.8) is 0 Å². The van der Waals surface area contributed by atoms with Crippen molar-refractivity contribution in [1.29, 1.82) is 0 Å². The Kier molecular flexibility index (Phi) is 4.33. The third-order valence-electron chi connectivity index (χ3n) is 2.40. The fraction of sp³-hybridized carbons (Fsp3) is 0.364. The molecule has 0 spiro atoms. The van der Waals surface area contributed by atoms with Crippen LogP contribution in [0.1, 0.15) is 11.7 Å². The number of aryl methyl sites for hydroxylation is 1. The number of rotatable bonds is 5. The number of hydrogen-bond donors (Lipinski definition) is 2. The van der Waals surface area contributed by atoms with Crippen molar-refractivity contribution in [2.45, 2.75) is 20.0 Å². The van der Waals surface area contributed by atoms with Gasteiger partial charge in [0.2, 0.25) is 5.89 Å². The number of hydrogen-bond acceptors (Lipinski definition) is 6. The molecule has 0 bridgehead atoms. The molecular weight excluding hydrogens is 316 g/mol. The second-order valence-electron chi connectivity index (χ2n) is 3.84. The van der Waals surface area contributed by atoms with Crippen molar-refractivity contribution in [3.8, 4) is 0 Å². The maximum absolute atomic E-state index is 11.9. The monoisotopic (exact) mass is 328 g/mol. The van der Waals surface area contributed by atoms with Gasteiger partial charge in [-0.05, 0) is 22.9 Å². The van der Waals surface area contributed by atoms with E-state index in [4.69, 9.17) is 9.52 Å². The van der Waals surface area contributed by atoms with E-state index in [0.29, 0.717) is 22.6 Å². The number of nitrogens with one attached hydrogen (secondary N) is 1. The second-order valence-corrected chi connectivity index (χ2v) is 4.64. The first-order chi connectivity index (χ1) is 9.11. The molecule has 0 aliphatic carbocycles. The molecule has 0 unspecified atom stereocenters. The average molecular weight is 329 g/mol. The Bertz CT molecular complexity index is 623. The van der Waals surface area contributed by atoms with E-state index in [1.54, 1.807) is 6.20 Å². The van der Waals surface area contributed by atoms with Gasteiger partial charge in [-0.25, -0.2) is 9.67 Å². The van der Waals surface area contributed by atoms with Crippen molar-refractivity contribution in [1.82, 2.24) is 14.8 Å².